The van der Waals surface area contributed by atoms with Gasteiger partial charge in [-0.15, -0.1) is 0 Å². The molecule has 1 saturated carbocycles. The summed E-state index contributed by atoms with van der Waals surface area (Å²) in [4.78, 5) is 12.6. The number of hydrogen-bond donors (Lipinski definition) is 2. The number of nitrogens with zero attached hydrogens (tertiary/aromatic N) is 1. The number of para-hydroxylation sites is 1. The third-order valence-electron chi connectivity index (χ3n) is 6.25. The zero-order valence-electron chi connectivity index (χ0n) is 18.0. The molecule has 1 amide bonds. The van der Waals surface area contributed by atoms with Crippen molar-refractivity contribution in [3.8, 4) is 11.1 Å². The summed E-state index contributed by atoms with van der Waals surface area (Å²) >= 11 is 0. The fourth-order valence-corrected chi connectivity index (χ4v) is 4.56. The fraction of sp³-hybridized carbons (Fsp3) is 0.423. The Bertz CT molecular complexity index is 968. The molecular formula is C26H33N3O. The lowest BCUT2D eigenvalue weighted by molar-refractivity contribution is -0.121. The zero-order chi connectivity index (χ0) is 20.8. The van der Waals surface area contributed by atoms with Gasteiger partial charge in [0, 0.05) is 30.2 Å². The first-order chi connectivity index (χ1) is 14.7. The molecule has 2 N–H and O–H groups in total. The molecule has 0 spiro atoms. The maximum atomic E-state index is 12.6. The molecule has 0 unspecified atom stereocenters. The van der Waals surface area contributed by atoms with Crippen LogP contribution in [0.15, 0.2) is 54.7 Å². The average Bonchev–Trinajstić information content (AvgIpc) is 3.18. The van der Waals surface area contributed by atoms with Gasteiger partial charge in [0.15, 0.2) is 0 Å². The molecule has 3 aromatic rings. The normalized spacial score (nSPS) is 14.8. The second kappa shape index (κ2) is 9.94. The highest BCUT2D eigenvalue weighted by Gasteiger charge is 2.13. The molecule has 1 fully saturated rings. The van der Waals surface area contributed by atoms with Crippen LogP contribution in [0.4, 0.5) is 0 Å². The van der Waals surface area contributed by atoms with Gasteiger partial charge in [0.25, 0.3) is 0 Å². The van der Waals surface area contributed by atoms with E-state index in [4.69, 9.17) is 0 Å². The van der Waals surface area contributed by atoms with Crippen LogP contribution in [-0.4, -0.2) is 30.1 Å². The Morgan fingerprint density at radius 1 is 1.00 bits per heavy atom. The van der Waals surface area contributed by atoms with Crippen LogP contribution >= 0.6 is 0 Å². The molecule has 1 aromatic heterocycles. The predicted octanol–water partition coefficient (Wildman–Crippen LogP) is 4.90. The van der Waals surface area contributed by atoms with E-state index in [0.717, 1.165) is 29.9 Å². The highest BCUT2D eigenvalue weighted by Crippen LogP contribution is 2.29. The van der Waals surface area contributed by atoms with Crippen molar-refractivity contribution in [1.82, 2.24) is 15.2 Å². The number of fused-ring (bicyclic) bond motifs is 1. The van der Waals surface area contributed by atoms with Crippen molar-refractivity contribution >= 4 is 16.8 Å². The number of rotatable bonds is 8. The Morgan fingerprint density at radius 3 is 2.60 bits per heavy atom. The second-order valence-electron chi connectivity index (χ2n) is 8.61. The Morgan fingerprint density at radius 2 is 1.80 bits per heavy atom. The zero-order valence-corrected chi connectivity index (χ0v) is 18.0. The Kier molecular flexibility index (Phi) is 6.85. The molecule has 0 saturated heterocycles. The molecule has 4 heteroatoms. The van der Waals surface area contributed by atoms with Crippen LogP contribution in [0, 0.1) is 12.8 Å². The molecule has 30 heavy (non-hydrogen) atoms. The van der Waals surface area contributed by atoms with Gasteiger partial charge in [-0.3, -0.25) is 4.79 Å². The number of aryl methyl sites for hydroxylation is 1. The number of benzene rings is 2. The smallest absolute Gasteiger partial charge is 0.239 e. The van der Waals surface area contributed by atoms with Crippen LogP contribution in [0.25, 0.3) is 22.0 Å². The quantitative estimate of drug-likeness (QED) is 0.525. The van der Waals surface area contributed by atoms with Gasteiger partial charge in [0.2, 0.25) is 5.91 Å². The molecular weight excluding hydrogens is 370 g/mol. The highest BCUT2D eigenvalue weighted by atomic mass is 16.1. The Hall–Kier alpha value is -2.59. The number of hydrogen-bond acceptors (Lipinski definition) is 2. The van der Waals surface area contributed by atoms with Crippen molar-refractivity contribution in [3.63, 3.8) is 0 Å². The topological polar surface area (TPSA) is 46.1 Å². The summed E-state index contributed by atoms with van der Waals surface area (Å²) in [6, 6.07) is 17.0. The summed E-state index contributed by atoms with van der Waals surface area (Å²) < 4.78 is 2.06. The molecule has 0 radical (unpaired) electrons. The van der Waals surface area contributed by atoms with Gasteiger partial charge >= 0.3 is 0 Å². The minimum Gasteiger partial charge on any atom is -0.353 e. The number of carbonyl (C=O) groups excluding carboxylic acids is 1. The maximum Gasteiger partial charge on any atom is 0.239 e. The first-order valence-electron chi connectivity index (χ1n) is 11.3. The van der Waals surface area contributed by atoms with Gasteiger partial charge in [-0.25, -0.2) is 0 Å². The van der Waals surface area contributed by atoms with E-state index in [0.29, 0.717) is 13.1 Å². The molecule has 1 aliphatic carbocycles. The van der Waals surface area contributed by atoms with Crippen molar-refractivity contribution < 1.29 is 4.79 Å². The minimum absolute atomic E-state index is 0.0608. The van der Waals surface area contributed by atoms with E-state index in [-0.39, 0.29) is 5.91 Å². The molecule has 0 aliphatic heterocycles. The van der Waals surface area contributed by atoms with Gasteiger partial charge in [-0.05, 0) is 43.9 Å². The SMILES string of the molecule is Cc1ccc(-c2cccc3ccn(CC(=O)NCCNCC4CCCCC4)c23)cc1. The Balaban J connectivity index is 1.34. The lowest BCUT2D eigenvalue weighted by Crippen LogP contribution is -2.35. The Labute approximate surface area is 179 Å². The number of amides is 1. The van der Waals surface area contributed by atoms with Crippen molar-refractivity contribution in [1.29, 1.82) is 0 Å². The average molecular weight is 404 g/mol. The molecule has 2 aromatic carbocycles. The molecule has 0 bridgehead atoms. The highest BCUT2D eigenvalue weighted by molar-refractivity contribution is 5.95. The second-order valence-corrected chi connectivity index (χ2v) is 8.61. The first kappa shape index (κ1) is 20.7. The number of carbonyl (C=O) groups is 1. The molecule has 0 atom stereocenters. The van der Waals surface area contributed by atoms with Crippen LogP contribution < -0.4 is 10.6 Å². The molecule has 4 rings (SSSR count). The van der Waals surface area contributed by atoms with E-state index in [1.54, 1.807) is 0 Å². The van der Waals surface area contributed by atoms with E-state index in [1.165, 1.54) is 48.8 Å². The van der Waals surface area contributed by atoms with Crippen LogP contribution in [0.3, 0.4) is 0 Å². The summed E-state index contributed by atoms with van der Waals surface area (Å²) in [6.45, 7) is 5.04. The van der Waals surface area contributed by atoms with Crippen LogP contribution in [0.1, 0.15) is 37.7 Å². The summed E-state index contributed by atoms with van der Waals surface area (Å²) in [7, 11) is 0. The van der Waals surface area contributed by atoms with E-state index in [9.17, 15) is 4.79 Å². The van der Waals surface area contributed by atoms with E-state index < -0.39 is 0 Å². The third-order valence-corrected chi connectivity index (χ3v) is 6.25. The number of nitrogens with one attached hydrogen (secondary N) is 2. The fourth-order valence-electron chi connectivity index (χ4n) is 4.56. The first-order valence-corrected chi connectivity index (χ1v) is 11.3. The van der Waals surface area contributed by atoms with E-state index in [1.807, 2.05) is 6.20 Å². The monoisotopic (exact) mass is 403 g/mol. The summed E-state index contributed by atoms with van der Waals surface area (Å²) in [6.07, 6.45) is 8.86. The van der Waals surface area contributed by atoms with Crippen molar-refractivity contribution in [2.75, 3.05) is 19.6 Å². The van der Waals surface area contributed by atoms with E-state index >= 15 is 0 Å². The van der Waals surface area contributed by atoms with Gasteiger partial charge in [0.05, 0.1) is 5.52 Å². The summed E-state index contributed by atoms with van der Waals surface area (Å²) in [5.74, 6) is 0.881. The van der Waals surface area contributed by atoms with Gasteiger partial charge < -0.3 is 15.2 Å². The largest absolute Gasteiger partial charge is 0.353 e. The number of aromatic nitrogens is 1. The maximum absolute atomic E-state index is 12.6. The molecule has 4 nitrogen and oxygen atoms in total. The molecule has 1 aliphatic rings. The summed E-state index contributed by atoms with van der Waals surface area (Å²) in [5.41, 5.74) is 4.71. The van der Waals surface area contributed by atoms with Crippen LogP contribution in [-0.2, 0) is 11.3 Å². The van der Waals surface area contributed by atoms with Crippen LogP contribution in [0.2, 0.25) is 0 Å². The van der Waals surface area contributed by atoms with Gasteiger partial charge in [-0.2, -0.15) is 0 Å². The third kappa shape index (κ3) is 5.11. The van der Waals surface area contributed by atoms with E-state index in [2.05, 4.69) is 70.7 Å². The predicted molar refractivity (Wildman–Crippen MR) is 125 cm³/mol. The summed E-state index contributed by atoms with van der Waals surface area (Å²) in [5, 5.41) is 7.74. The van der Waals surface area contributed by atoms with Gasteiger partial charge in [0.1, 0.15) is 6.54 Å². The lowest BCUT2D eigenvalue weighted by Gasteiger charge is -2.21. The van der Waals surface area contributed by atoms with Crippen LogP contribution in [0.5, 0.6) is 0 Å². The van der Waals surface area contributed by atoms with Gasteiger partial charge in [-0.1, -0.05) is 67.3 Å². The van der Waals surface area contributed by atoms with Crippen molar-refractivity contribution in [2.24, 2.45) is 5.92 Å². The van der Waals surface area contributed by atoms with Crippen molar-refractivity contribution in [3.05, 3.63) is 60.3 Å². The lowest BCUT2D eigenvalue weighted by atomic mass is 9.89. The minimum atomic E-state index is 0.0608. The standard InChI is InChI=1S/C26H33N3O/c1-20-10-12-22(13-11-20)24-9-5-8-23-14-17-29(26(23)24)19-25(30)28-16-15-27-18-21-6-3-2-4-7-21/h5,8-14,17,21,27H,2-4,6-7,15-16,18-19H2,1H3,(H,28,30). The molecule has 158 valence electrons. The van der Waals surface area contributed by atoms with Crippen molar-refractivity contribution in [2.45, 2.75) is 45.6 Å². The molecule has 1 heterocycles.